The standard InChI is InChI=1S/C14H16ClNO4/c1-9(14(18)19)16(10-6-7-10)13(17)8-20-12-5-3-2-4-11(12)15/h2-5,9-10H,6-8H2,1H3,(H,18,19). The van der Waals surface area contributed by atoms with E-state index in [4.69, 9.17) is 21.4 Å². The van der Waals surface area contributed by atoms with Gasteiger partial charge in [-0.1, -0.05) is 23.7 Å². The molecule has 1 N–H and O–H groups in total. The predicted molar refractivity (Wildman–Crippen MR) is 73.9 cm³/mol. The van der Waals surface area contributed by atoms with E-state index >= 15 is 0 Å². The summed E-state index contributed by atoms with van der Waals surface area (Å²) < 4.78 is 5.37. The molecule has 0 radical (unpaired) electrons. The third-order valence-electron chi connectivity index (χ3n) is 3.19. The molecule has 1 amide bonds. The van der Waals surface area contributed by atoms with E-state index in [0.29, 0.717) is 10.8 Å². The van der Waals surface area contributed by atoms with Gasteiger partial charge >= 0.3 is 5.97 Å². The number of hydrogen-bond donors (Lipinski definition) is 1. The van der Waals surface area contributed by atoms with Crippen LogP contribution in [0.3, 0.4) is 0 Å². The van der Waals surface area contributed by atoms with Gasteiger partial charge in [-0.3, -0.25) is 4.79 Å². The Kier molecular flexibility index (Phi) is 4.49. The molecule has 1 unspecified atom stereocenters. The van der Waals surface area contributed by atoms with Crippen LogP contribution in [0.25, 0.3) is 0 Å². The van der Waals surface area contributed by atoms with Crippen molar-refractivity contribution in [1.82, 2.24) is 4.90 Å². The highest BCUT2D eigenvalue weighted by Crippen LogP contribution is 2.29. The van der Waals surface area contributed by atoms with Gasteiger partial charge in [-0.15, -0.1) is 0 Å². The molecule has 1 saturated carbocycles. The molecular weight excluding hydrogens is 282 g/mol. The lowest BCUT2D eigenvalue weighted by atomic mass is 10.2. The summed E-state index contributed by atoms with van der Waals surface area (Å²) in [6, 6.07) is 6.02. The second-order valence-electron chi connectivity index (χ2n) is 4.77. The zero-order valence-corrected chi connectivity index (χ0v) is 11.8. The number of carbonyl (C=O) groups excluding carboxylic acids is 1. The van der Waals surface area contributed by atoms with Gasteiger partial charge in [0.2, 0.25) is 0 Å². The Hall–Kier alpha value is -1.75. The first-order chi connectivity index (χ1) is 9.50. The summed E-state index contributed by atoms with van der Waals surface area (Å²) in [6.45, 7) is 1.30. The fourth-order valence-corrected chi connectivity index (χ4v) is 2.17. The maximum absolute atomic E-state index is 12.1. The minimum absolute atomic E-state index is 0.0171. The van der Waals surface area contributed by atoms with Gasteiger partial charge in [-0.25, -0.2) is 4.79 Å². The zero-order valence-electron chi connectivity index (χ0n) is 11.1. The fourth-order valence-electron chi connectivity index (χ4n) is 1.98. The molecule has 2 rings (SSSR count). The second kappa shape index (κ2) is 6.13. The third-order valence-corrected chi connectivity index (χ3v) is 3.50. The molecular formula is C14H16ClNO4. The van der Waals surface area contributed by atoms with Crippen LogP contribution in [0.15, 0.2) is 24.3 Å². The minimum atomic E-state index is -1.01. The number of carboxylic acids is 1. The van der Waals surface area contributed by atoms with Gasteiger partial charge in [0.25, 0.3) is 5.91 Å². The number of benzene rings is 1. The lowest BCUT2D eigenvalue weighted by molar-refractivity contribution is -0.150. The van der Waals surface area contributed by atoms with Crippen molar-refractivity contribution in [3.8, 4) is 5.75 Å². The third kappa shape index (κ3) is 3.42. The van der Waals surface area contributed by atoms with E-state index in [1.54, 1.807) is 24.3 Å². The second-order valence-corrected chi connectivity index (χ2v) is 5.17. The Bertz CT molecular complexity index is 516. The molecule has 1 atom stereocenters. The summed E-state index contributed by atoms with van der Waals surface area (Å²) in [5.74, 6) is -0.924. The van der Waals surface area contributed by atoms with Gasteiger partial charge in [0.05, 0.1) is 5.02 Å². The number of para-hydroxylation sites is 1. The summed E-state index contributed by atoms with van der Waals surface area (Å²) in [5.41, 5.74) is 0. The van der Waals surface area contributed by atoms with Crippen molar-refractivity contribution in [2.75, 3.05) is 6.61 Å². The Morgan fingerprint density at radius 3 is 2.65 bits per heavy atom. The highest BCUT2D eigenvalue weighted by Gasteiger charge is 2.38. The average Bonchev–Trinajstić information content (AvgIpc) is 3.22. The molecule has 108 valence electrons. The van der Waals surface area contributed by atoms with Gasteiger partial charge in [0, 0.05) is 6.04 Å². The SMILES string of the molecule is CC(C(=O)O)N(C(=O)COc1ccccc1Cl)C1CC1. The van der Waals surface area contributed by atoms with Crippen molar-refractivity contribution in [3.63, 3.8) is 0 Å². The molecule has 1 fully saturated rings. The van der Waals surface area contributed by atoms with E-state index in [9.17, 15) is 9.59 Å². The number of halogens is 1. The number of aliphatic carboxylic acids is 1. The minimum Gasteiger partial charge on any atom is -0.482 e. The van der Waals surface area contributed by atoms with Gasteiger partial charge in [0.1, 0.15) is 11.8 Å². The maximum Gasteiger partial charge on any atom is 0.326 e. The van der Waals surface area contributed by atoms with Gasteiger partial charge < -0.3 is 14.7 Å². The zero-order chi connectivity index (χ0) is 14.7. The Labute approximate surface area is 122 Å². The predicted octanol–water partition coefficient (Wildman–Crippen LogP) is 2.18. The molecule has 1 aromatic carbocycles. The van der Waals surface area contributed by atoms with Crippen LogP contribution in [0.5, 0.6) is 5.75 Å². The molecule has 1 aromatic rings. The van der Waals surface area contributed by atoms with Gasteiger partial charge in [-0.05, 0) is 31.9 Å². The first-order valence-corrected chi connectivity index (χ1v) is 6.80. The fraction of sp³-hybridized carbons (Fsp3) is 0.429. The number of carboxylic acid groups (broad SMARTS) is 1. The molecule has 0 bridgehead atoms. The number of carbonyl (C=O) groups is 2. The van der Waals surface area contributed by atoms with Crippen molar-refractivity contribution in [2.24, 2.45) is 0 Å². The van der Waals surface area contributed by atoms with E-state index in [-0.39, 0.29) is 18.6 Å². The van der Waals surface area contributed by atoms with Crippen LogP contribution in [-0.2, 0) is 9.59 Å². The number of ether oxygens (including phenoxy) is 1. The molecule has 0 aromatic heterocycles. The first kappa shape index (κ1) is 14.7. The van der Waals surface area contributed by atoms with Crippen molar-refractivity contribution >= 4 is 23.5 Å². The molecule has 6 heteroatoms. The lowest BCUT2D eigenvalue weighted by Gasteiger charge is -2.26. The van der Waals surface area contributed by atoms with E-state index in [1.807, 2.05) is 0 Å². The van der Waals surface area contributed by atoms with Crippen molar-refractivity contribution in [2.45, 2.75) is 31.8 Å². The van der Waals surface area contributed by atoms with E-state index in [2.05, 4.69) is 0 Å². The Morgan fingerprint density at radius 2 is 2.10 bits per heavy atom. The van der Waals surface area contributed by atoms with Crippen LogP contribution in [0.4, 0.5) is 0 Å². The summed E-state index contributed by atoms with van der Waals surface area (Å²) in [7, 11) is 0. The summed E-state index contributed by atoms with van der Waals surface area (Å²) in [6.07, 6.45) is 1.69. The highest BCUT2D eigenvalue weighted by atomic mass is 35.5. The molecule has 0 aliphatic heterocycles. The van der Waals surface area contributed by atoms with E-state index < -0.39 is 12.0 Å². The molecule has 5 nitrogen and oxygen atoms in total. The quantitative estimate of drug-likeness (QED) is 0.874. The molecule has 0 spiro atoms. The van der Waals surface area contributed by atoms with Crippen LogP contribution in [0.1, 0.15) is 19.8 Å². The molecule has 0 saturated heterocycles. The van der Waals surface area contributed by atoms with E-state index in [0.717, 1.165) is 12.8 Å². The number of nitrogens with zero attached hydrogens (tertiary/aromatic N) is 1. The van der Waals surface area contributed by atoms with Crippen LogP contribution in [-0.4, -0.2) is 40.6 Å². The normalized spacial score (nSPS) is 15.5. The smallest absolute Gasteiger partial charge is 0.326 e. The lowest BCUT2D eigenvalue weighted by Crippen LogP contribution is -2.46. The van der Waals surface area contributed by atoms with Crippen molar-refractivity contribution in [3.05, 3.63) is 29.3 Å². The summed E-state index contributed by atoms with van der Waals surface area (Å²) in [5, 5.41) is 9.47. The number of hydrogen-bond acceptors (Lipinski definition) is 3. The maximum atomic E-state index is 12.1. The van der Waals surface area contributed by atoms with Crippen LogP contribution in [0, 0.1) is 0 Å². The summed E-state index contributed by atoms with van der Waals surface area (Å²) in [4.78, 5) is 24.6. The highest BCUT2D eigenvalue weighted by molar-refractivity contribution is 6.32. The topological polar surface area (TPSA) is 66.8 Å². The average molecular weight is 298 g/mol. The van der Waals surface area contributed by atoms with Gasteiger partial charge in [-0.2, -0.15) is 0 Å². The number of rotatable bonds is 6. The monoisotopic (exact) mass is 297 g/mol. The first-order valence-electron chi connectivity index (χ1n) is 6.42. The van der Waals surface area contributed by atoms with E-state index in [1.165, 1.54) is 11.8 Å². The van der Waals surface area contributed by atoms with Crippen molar-refractivity contribution in [1.29, 1.82) is 0 Å². The molecule has 0 heterocycles. The van der Waals surface area contributed by atoms with Crippen LogP contribution in [0.2, 0.25) is 5.02 Å². The Morgan fingerprint density at radius 1 is 1.45 bits per heavy atom. The van der Waals surface area contributed by atoms with Crippen molar-refractivity contribution < 1.29 is 19.4 Å². The molecule has 20 heavy (non-hydrogen) atoms. The summed E-state index contributed by atoms with van der Waals surface area (Å²) >= 11 is 5.93. The molecule has 1 aliphatic carbocycles. The molecule has 1 aliphatic rings. The van der Waals surface area contributed by atoms with Crippen LogP contribution >= 0.6 is 11.6 Å². The Balaban J connectivity index is 1.99. The largest absolute Gasteiger partial charge is 0.482 e. The number of amides is 1. The van der Waals surface area contributed by atoms with Crippen LogP contribution < -0.4 is 4.74 Å². The van der Waals surface area contributed by atoms with Gasteiger partial charge in [0.15, 0.2) is 6.61 Å².